The van der Waals surface area contributed by atoms with Gasteiger partial charge in [-0.15, -0.1) is 0 Å². The highest BCUT2D eigenvalue weighted by molar-refractivity contribution is 6.10. The van der Waals surface area contributed by atoms with Crippen molar-refractivity contribution in [2.75, 3.05) is 6.54 Å². The van der Waals surface area contributed by atoms with Gasteiger partial charge in [-0.2, -0.15) is 5.10 Å². The molecule has 0 saturated heterocycles. The molecule has 0 fully saturated rings. The summed E-state index contributed by atoms with van der Waals surface area (Å²) in [5.74, 6) is 0. The van der Waals surface area contributed by atoms with E-state index in [0.29, 0.717) is 0 Å². The van der Waals surface area contributed by atoms with Gasteiger partial charge >= 0.3 is 0 Å². The maximum Gasteiger partial charge on any atom is 0.0705 e. The van der Waals surface area contributed by atoms with E-state index in [1.807, 2.05) is 51.1 Å². The van der Waals surface area contributed by atoms with Crippen molar-refractivity contribution in [1.29, 1.82) is 0 Å². The molecule has 0 aliphatic heterocycles. The van der Waals surface area contributed by atoms with Gasteiger partial charge in [0, 0.05) is 48.4 Å². The van der Waals surface area contributed by atoms with Gasteiger partial charge in [-0.05, 0) is 44.0 Å². The maximum absolute atomic E-state index is 4.83. The van der Waals surface area contributed by atoms with Gasteiger partial charge in [0.15, 0.2) is 0 Å². The second kappa shape index (κ2) is 7.91. The van der Waals surface area contributed by atoms with E-state index in [1.165, 1.54) is 0 Å². The molecule has 26 heavy (non-hydrogen) atoms. The Morgan fingerprint density at radius 2 is 2.04 bits per heavy atom. The molecule has 0 bridgehead atoms. The number of pyridine rings is 1. The molecule has 1 aromatic carbocycles. The van der Waals surface area contributed by atoms with Crippen LogP contribution in [0.1, 0.15) is 25.1 Å². The lowest BCUT2D eigenvalue weighted by Gasteiger charge is -2.09. The summed E-state index contributed by atoms with van der Waals surface area (Å²) in [7, 11) is 1.92. The van der Waals surface area contributed by atoms with Gasteiger partial charge in [-0.25, -0.2) is 0 Å². The van der Waals surface area contributed by atoms with Gasteiger partial charge in [0.1, 0.15) is 0 Å². The van der Waals surface area contributed by atoms with E-state index < -0.39 is 0 Å². The SMILES string of the molecule is C/C=C(\C=N/CC)c1cccc(-c2ccc(-c3cnn(C)c3)c(C)n2)c1. The third-order valence-electron chi connectivity index (χ3n) is 4.32. The molecule has 0 atom stereocenters. The largest absolute Gasteiger partial charge is 0.293 e. The monoisotopic (exact) mass is 344 g/mol. The third-order valence-corrected chi connectivity index (χ3v) is 4.32. The Morgan fingerprint density at radius 3 is 2.69 bits per heavy atom. The predicted octanol–water partition coefficient (Wildman–Crippen LogP) is 4.95. The number of aliphatic imine (C=N–C) groups is 1. The lowest BCUT2D eigenvalue weighted by atomic mass is 10.0. The average Bonchev–Trinajstić information content (AvgIpc) is 3.08. The highest BCUT2D eigenvalue weighted by atomic mass is 15.2. The van der Waals surface area contributed by atoms with Gasteiger partial charge in [0.05, 0.1) is 11.9 Å². The number of aromatic nitrogens is 3. The Balaban J connectivity index is 1.96. The van der Waals surface area contributed by atoms with Crippen LogP contribution >= 0.6 is 0 Å². The summed E-state index contributed by atoms with van der Waals surface area (Å²) >= 11 is 0. The number of benzene rings is 1. The number of aryl methyl sites for hydroxylation is 2. The first kappa shape index (κ1) is 17.8. The Labute approximate surface area is 154 Å². The van der Waals surface area contributed by atoms with Crippen LogP contribution in [-0.2, 0) is 7.05 Å². The number of allylic oxidation sites excluding steroid dienone is 2. The van der Waals surface area contributed by atoms with Crippen LogP contribution in [0, 0.1) is 6.92 Å². The molecule has 0 unspecified atom stereocenters. The van der Waals surface area contributed by atoms with E-state index in [9.17, 15) is 0 Å². The van der Waals surface area contributed by atoms with Crippen molar-refractivity contribution in [3.8, 4) is 22.4 Å². The van der Waals surface area contributed by atoms with Crippen LogP contribution in [-0.4, -0.2) is 27.5 Å². The molecule has 0 spiro atoms. The molecule has 2 aromatic heterocycles. The molecular formula is C22H24N4. The summed E-state index contributed by atoms with van der Waals surface area (Å²) < 4.78 is 1.81. The minimum absolute atomic E-state index is 0.785. The van der Waals surface area contributed by atoms with Crippen molar-refractivity contribution in [3.05, 3.63) is 66.1 Å². The molecule has 0 saturated carbocycles. The van der Waals surface area contributed by atoms with Gasteiger partial charge < -0.3 is 0 Å². The number of hydrogen-bond acceptors (Lipinski definition) is 3. The van der Waals surface area contributed by atoms with Crippen molar-refractivity contribution in [3.63, 3.8) is 0 Å². The summed E-state index contributed by atoms with van der Waals surface area (Å²) in [6.45, 7) is 6.90. The Kier molecular flexibility index (Phi) is 5.42. The molecule has 2 heterocycles. The lowest BCUT2D eigenvalue weighted by molar-refractivity contribution is 0.768. The van der Waals surface area contributed by atoms with Crippen LogP contribution in [0.2, 0.25) is 0 Å². The average molecular weight is 344 g/mol. The molecule has 3 rings (SSSR count). The molecule has 132 valence electrons. The van der Waals surface area contributed by atoms with E-state index in [-0.39, 0.29) is 0 Å². The first-order valence-electron chi connectivity index (χ1n) is 8.86. The van der Waals surface area contributed by atoms with Gasteiger partial charge in [0.25, 0.3) is 0 Å². The highest BCUT2D eigenvalue weighted by Crippen LogP contribution is 2.27. The van der Waals surface area contributed by atoms with E-state index in [2.05, 4.69) is 52.6 Å². The van der Waals surface area contributed by atoms with E-state index in [0.717, 1.165) is 45.8 Å². The van der Waals surface area contributed by atoms with E-state index >= 15 is 0 Å². The van der Waals surface area contributed by atoms with Crippen LogP contribution in [0.4, 0.5) is 0 Å². The maximum atomic E-state index is 4.83. The number of rotatable bonds is 5. The summed E-state index contributed by atoms with van der Waals surface area (Å²) in [5.41, 5.74) is 7.55. The fourth-order valence-corrected chi connectivity index (χ4v) is 2.95. The molecule has 0 aliphatic carbocycles. The van der Waals surface area contributed by atoms with Gasteiger partial charge in [-0.1, -0.05) is 30.3 Å². The van der Waals surface area contributed by atoms with E-state index in [4.69, 9.17) is 4.98 Å². The summed E-state index contributed by atoms with van der Waals surface area (Å²) in [6.07, 6.45) is 7.90. The van der Waals surface area contributed by atoms with Crippen LogP contribution in [0.25, 0.3) is 28.0 Å². The first-order valence-corrected chi connectivity index (χ1v) is 8.86. The summed E-state index contributed by atoms with van der Waals surface area (Å²) in [4.78, 5) is 9.19. The molecule has 4 heteroatoms. The molecule has 4 nitrogen and oxygen atoms in total. The summed E-state index contributed by atoms with van der Waals surface area (Å²) in [6, 6.07) is 12.6. The van der Waals surface area contributed by atoms with Crippen LogP contribution in [0.15, 0.2) is 59.9 Å². The Bertz CT molecular complexity index is 964. The third kappa shape index (κ3) is 3.80. The zero-order chi connectivity index (χ0) is 18.5. The molecule has 0 amide bonds. The topological polar surface area (TPSA) is 43.1 Å². The smallest absolute Gasteiger partial charge is 0.0705 e. The van der Waals surface area contributed by atoms with Crippen LogP contribution in [0.5, 0.6) is 0 Å². The predicted molar refractivity (Wildman–Crippen MR) is 109 cm³/mol. The Morgan fingerprint density at radius 1 is 1.19 bits per heavy atom. The van der Waals surface area contributed by atoms with Crippen molar-refractivity contribution >= 4 is 11.8 Å². The summed E-state index contributed by atoms with van der Waals surface area (Å²) in [5, 5.41) is 4.25. The molecular weight excluding hydrogens is 320 g/mol. The molecule has 3 aromatic rings. The minimum atomic E-state index is 0.785. The Hall–Kier alpha value is -3.01. The second-order valence-corrected chi connectivity index (χ2v) is 6.18. The van der Waals surface area contributed by atoms with Crippen molar-refractivity contribution in [2.24, 2.45) is 12.0 Å². The number of nitrogens with zero attached hydrogens (tertiary/aromatic N) is 4. The normalized spacial score (nSPS) is 12.1. The second-order valence-electron chi connectivity index (χ2n) is 6.18. The van der Waals surface area contributed by atoms with Crippen molar-refractivity contribution < 1.29 is 0 Å². The zero-order valence-electron chi connectivity index (χ0n) is 15.8. The first-order chi connectivity index (χ1) is 12.6. The highest BCUT2D eigenvalue weighted by Gasteiger charge is 2.09. The van der Waals surface area contributed by atoms with Crippen molar-refractivity contribution in [2.45, 2.75) is 20.8 Å². The quantitative estimate of drug-likeness (QED) is 0.615. The van der Waals surface area contributed by atoms with Gasteiger partial charge in [0.2, 0.25) is 0 Å². The molecule has 0 N–H and O–H groups in total. The lowest BCUT2D eigenvalue weighted by Crippen LogP contribution is -1.92. The van der Waals surface area contributed by atoms with Crippen molar-refractivity contribution in [1.82, 2.24) is 14.8 Å². The zero-order valence-corrected chi connectivity index (χ0v) is 15.8. The number of hydrogen-bond donors (Lipinski definition) is 0. The minimum Gasteiger partial charge on any atom is -0.293 e. The van der Waals surface area contributed by atoms with Gasteiger partial charge in [-0.3, -0.25) is 14.7 Å². The molecule has 0 radical (unpaired) electrons. The van der Waals surface area contributed by atoms with Crippen LogP contribution in [0.3, 0.4) is 0 Å². The van der Waals surface area contributed by atoms with E-state index in [1.54, 1.807) is 0 Å². The van der Waals surface area contributed by atoms with Crippen LogP contribution < -0.4 is 0 Å². The standard InChI is InChI=1S/C22H24N4/c1-5-17(13-23-6-2)18-8-7-9-19(12-18)22-11-10-21(16(3)25-22)20-14-24-26(4)15-20/h5,7-15H,6H2,1-4H3/b17-5+,23-13-. The molecule has 0 aliphatic rings. The fraction of sp³-hybridized carbons (Fsp3) is 0.227. The fourth-order valence-electron chi connectivity index (χ4n) is 2.95.